The minimum Gasteiger partial charge on any atom is -0.462 e. The van der Waals surface area contributed by atoms with Gasteiger partial charge in [-0.3, -0.25) is 37.3 Å². The number of carbonyl (C=O) groups excluding carboxylic acids is 4. The van der Waals surface area contributed by atoms with Crippen molar-refractivity contribution in [2.24, 2.45) is 17.8 Å². The fraction of sp³-hybridized carbons (Fsp3) is 0.953. The van der Waals surface area contributed by atoms with Crippen LogP contribution in [0.3, 0.4) is 0 Å². The lowest BCUT2D eigenvalue weighted by Crippen LogP contribution is -2.30. The lowest BCUT2D eigenvalue weighted by molar-refractivity contribution is -0.161. The molecular formula is C85H166O17P2. The Kier molecular flexibility index (Phi) is 73.7. The Morgan fingerprint density at radius 3 is 0.654 bits per heavy atom. The summed E-state index contributed by atoms with van der Waals surface area (Å²) < 4.78 is 68.9. The number of esters is 4. The van der Waals surface area contributed by atoms with E-state index >= 15 is 0 Å². The molecule has 0 rings (SSSR count). The lowest BCUT2D eigenvalue weighted by Gasteiger charge is -2.21. The van der Waals surface area contributed by atoms with E-state index in [1.54, 1.807) is 0 Å². The van der Waals surface area contributed by atoms with Crippen molar-refractivity contribution in [3.8, 4) is 0 Å². The van der Waals surface area contributed by atoms with E-state index < -0.39 is 97.5 Å². The number of phosphoric acid groups is 2. The minimum absolute atomic E-state index is 0.108. The Hall–Kier alpha value is -1.94. The number of hydrogen-bond acceptors (Lipinski definition) is 15. The van der Waals surface area contributed by atoms with Crippen LogP contribution >= 0.6 is 15.6 Å². The van der Waals surface area contributed by atoms with Gasteiger partial charge in [0.25, 0.3) is 0 Å². The first-order chi connectivity index (χ1) is 50.2. The molecule has 0 aromatic rings. The SMILES string of the molecule is CCCCCCCCCCCCCCCCCCC(=O)O[C@H](COC(=O)CCCCCCCCCCCC(C)C)COP(=O)(O)OC[C@H](O)COP(=O)(O)OC[C@@H](COC(=O)CCCCCCCCCCCCCCCCC(C)C)OC(=O)CCCCCCCCCCCCCCCCCCC(C)C. The molecule has 0 radical (unpaired) electrons. The fourth-order valence-corrected chi connectivity index (χ4v) is 14.8. The molecular weight excluding hydrogens is 1350 g/mol. The van der Waals surface area contributed by atoms with Crippen LogP contribution in [0.2, 0.25) is 0 Å². The summed E-state index contributed by atoms with van der Waals surface area (Å²) in [6.45, 7) is 12.0. The molecule has 618 valence electrons. The molecule has 0 saturated carbocycles. The normalized spacial score (nSPS) is 13.9. The summed E-state index contributed by atoms with van der Waals surface area (Å²) in [5, 5.41) is 10.7. The second-order valence-corrected chi connectivity index (χ2v) is 34.9. The Morgan fingerprint density at radius 1 is 0.260 bits per heavy atom. The monoisotopic (exact) mass is 1520 g/mol. The number of aliphatic hydroxyl groups excluding tert-OH is 1. The summed E-state index contributed by atoms with van der Waals surface area (Å²) in [4.78, 5) is 73.2. The average Bonchev–Trinajstić information content (AvgIpc) is 0.917. The largest absolute Gasteiger partial charge is 0.472 e. The van der Waals surface area contributed by atoms with Gasteiger partial charge >= 0.3 is 39.5 Å². The van der Waals surface area contributed by atoms with Crippen molar-refractivity contribution in [1.82, 2.24) is 0 Å². The molecule has 0 aromatic heterocycles. The van der Waals surface area contributed by atoms with Crippen LogP contribution in [0.1, 0.15) is 447 Å². The van der Waals surface area contributed by atoms with E-state index in [0.29, 0.717) is 25.7 Å². The van der Waals surface area contributed by atoms with Gasteiger partial charge in [0.2, 0.25) is 0 Å². The standard InChI is InChI=1S/C85H166O17P2/c1-8-9-10-11-12-13-14-15-16-20-27-32-39-47-54-61-68-85(90)102-81(73-96-83(88)67-60-53-46-41-34-37-44-51-58-65-78(6)7)75-100-104(93,94)98-71-79(86)70-97-103(91,92)99-74-80(72-95-82(87)66-59-52-45-38-31-26-23-22-25-30-36-43-50-57-64-77(4)5)101-84(89)69-62-55-48-40-33-28-21-18-17-19-24-29-35-42-49-56-63-76(2)3/h76-81,86H,8-75H2,1-7H3,(H,91,92)(H,93,94)/t79-,80-,81-/m1/s1. The molecule has 0 aliphatic heterocycles. The summed E-state index contributed by atoms with van der Waals surface area (Å²) >= 11 is 0. The minimum atomic E-state index is -4.97. The smallest absolute Gasteiger partial charge is 0.462 e. The zero-order valence-corrected chi connectivity index (χ0v) is 70.3. The van der Waals surface area contributed by atoms with Crippen LogP contribution in [0.25, 0.3) is 0 Å². The van der Waals surface area contributed by atoms with Crippen LogP contribution in [0.4, 0.5) is 0 Å². The fourth-order valence-electron chi connectivity index (χ4n) is 13.2. The maximum Gasteiger partial charge on any atom is 0.472 e. The van der Waals surface area contributed by atoms with Crippen molar-refractivity contribution in [2.45, 2.75) is 465 Å². The number of aliphatic hydroxyl groups is 1. The van der Waals surface area contributed by atoms with E-state index in [1.165, 1.54) is 257 Å². The maximum absolute atomic E-state index is 13.1. The van der Waals surface area contributed by atoms with Crippen LogP contribution in [0, 0.1) is 17.8 Å². The van der Waals surface area contributed by atoms with Crippen LogP contribution in [0.5, 0.6) is 0 Å². The van der Waals surface area contributed by atoms with Crippen LogP contribution in [-0.4, -0.2) is 96.7 Å². The van der Waals surface area contributed by atoms with Crippen molar-refractivity contribution in [2.75, 3.05) is 39.6 Å². The quantitative estimate of drug-likeness (QED) is 0.0222. The van der Waals surface area contributed by atoms with E-state index in [2.05, 4.69) is 48.5 Å². The highest BCUT2D eigenvalue weighted by atomic mass is 31.2. The molecule has 0 amide bonds. The molecule has 0 aliphatic rings. The zero-order valence-electron chi connectivity index (χ0n) is 68.5. The van der Waals surface area contributed by atoms with Gasteiger partial charge in [0.15, 0.2) is 12.2 Å². The summed E-state index contributed by atoms with van der Waals surface area (Å²) in [6.07, 6.45) is 65.2. The molecule has 2 unspecified atom stereocenters. The highest BCUT2D eigenvalue weighted by Gasteiger charge is 2.30. The topological polar surface area (TPSA) is 237 Å². The molecule has 0 fully saturated rings. The molecule has 0 aliphatic carbocycles. The van der Waals surface area contributed by atoms with Gasteiger partial charge in [0, 0.05) is 25.7 Å². The molecule has 104 heavy (non-hydrogen) atoms. The average molecular weight is 1520 g/mol. The first kappa shape index (κ1) is 102. The van der Waals surface area contributed by atoms with E-state index in [0.717, 1.165) is 108 Å². The number of rotatable bonds is 83. The highest BCUT2D eigenvalue weighted by Crippen LogP contribution is 2.45. The Balaban J connectivity index is 5.26. The van der Waals surface area contributed by atoms with E-state index in [-0.39, 0.29) is 25.7 Å². The summed E-state index contributed by atoms with van der Waals surface area (Å²) in [5.74, 6) is 0.248. The molecule has 0 spiro atoms. The third kappa shape index (κ3) is 78.2. The highest BCUT2D eigenvalue weighted by molar-refractivity contribution is 7.47. The van der Waals surface area contributed by atoms with Crippen molar-refractivity contribution < 1.29 is 80.2 Å². The number of phosphoric ester groups is 2. The van der Waals surface area contributed by atoms with Gasteiger partial charge in [-0.1, -0.05) is 395 Å². The Labute approximate surface area is 638 Å². The first-order valence-electron chi connectivity index (χ1n) is 43.8. The van der Waals surface area contributed by atoms with E-state index in [1.807, 2.05) is 0 Å². The predicted octanol–water partition coefficient (Wildman–Crippen LogP) is 25.7. The summed E-state index contributed by atoms with van der Waals surface area (Å²) in [5.41, 5.74) is 0. The first-order valence-corrected chi connectivity index (χ1v) is 46.8. The van der Waals surface area contributed by atoms with E-state index in [4.69, 9.17) is 37.0 Å². The Morgan fingerprint density at radius 2 is 0.442 bits per heavy atom. The lowest BCUT2D eigenvalue weighted by atomic mass is 10.0. The molecule has 5 atom stereocenters. The third-order valence-electron chi connectivity index (χ3n) is 19.9. The van der Waals surface area contributed by atoms with Gasteiger partial charge in [-0.25, -0.2) is 9.13 Å². The van der Waals surface area contributed by atoms with Crippen molar-refractivity contribution >= 4 is 39.5 Å². The number of carbonyl (C=O) groups is 4. The van der Waals surface area contributed by atoms with Crippen molar-refractivity contribution in [3.63, 3.8) is 0 Å². The van der Waals surface area contributed by atoms with Gasteiger partial charge in [-0.2, -0.15) is 0 Å². The number of ether oxygens (including phenoxy) is 4. The second kappa shape index (κ2) is 75.1. The van der Waals surface area contributed by atoms with Crippen molar-refractivity contribution in [1.29, 1.82) is 0 Å². The van der Waals surface area contributed by atoms with Crippen LogP contribution in [-0.2, 0) is 65.4 Å². The zero-order chi connectivity index (χ0) is 76.5. The molecule has 0 bridgehead atoms. The van der Waals surface area contributed by atoms with Gasteiger partial charge in [0.05, 0.1) is 26.4 Å². The van der Waals surface area contributed by atoms with Gasteiger partial charge in [-0.05, 0) is 43.4 Å². The van der Waals surface area contributed by atoms with Gasteiger partial charge in [-0.15, -0.1) is 0 Å². The van der Waals surface area contributed by atoms with Crippen LogP contribution in [0.15, 0.2) is 0 Å². The third-order valence-corrected chi connectivity index (χ3v) is 21.8. The molecule has 3 N–H and O–H groups in total. The molecule has 0 aromatic carbocycles. The van der Waals surface area contributed by atoms with Crippen molar-refractivity contribution in [3.05, 3.63) is 0 Å². The summed E-state index contributed by atoms with van der Waals surface area (Å²) in [6, 6.07) is 0. The maximum atomic E-state index is 13.1. The van der Waals surface area contributed by atoms with E-state index in [9.17, 15) is 43.2 Å². The second-order valence-electron chi connectivity index (χ2n) is 32.0. The summed E-state index contributed by atoms with van der Waals surface area (Å²) in [7, 11) is -9.93. The molecule has 19 heteroatoms. The number of hydrogen-bond donors (Lipinski definition) is 3. The Bertz CT molecular complexity index is 2010. The van der Waals surface area contributed by atoms with Gasteiger partial charge in [0.1, 0.15) is 19.3 Å². The molecule has 17 nitrogen and oxygen atoms in total. The molecule has 0 heterocycles. The van der Waals surface area contributed by atoms with Crippen LogP contribution < -0.4 is 0 Å². The number of unbranched alkanes of at least 4 members (excludes halogenated alkanes) is 51. The predicted molar refractivity (Wildman–Crippen MR) is 428 cm³/mol. The molecule has 0 saturated heterocycles. The van der Waals surface area contributed by atoms with Gasteiger partial charge < -0.3 is 33.8 Å².